The Hall–Kier alpha value is -1.52. The summed E-state index contributed by atoms with van der Waals surface area (Å²) >= 11 is 0. The van der Waals surface area contributed by atoms with Crippen molar-refractivity contribution in [2.45, 2.75) is 58.2 Å². The minimum Gasteiger partial charge on any atom is -0.390 e. The van der Waals surface area contributed by atoms with Crippen molar-refractivity contribution in [1.29, 1.82) is 0 Å². The maximum atomic E-state index is 9.33. The summed E-state index contributed by atoms with van der Waals surface area (Å²) in [7, 11) is 4.07. The summed E-state index contributed by atoms with van der Waals surface area (Å²) in [5, 5.41) is 9.33. The fourth-order valence-electron chi connectivity index (χ4n) is 3.59. The van der Waals surface area contributed by atoms with E-state index in [0.29, 0.717) is 6.04 Å². The normalized spacial score (nSPS) is 24.0. The monoisotopic (exact) mass is 315 g/mol. The van der Waals surface area contributed by atoms with Crippen LogP contribution in [0.25, 0.3) is 0 Å². The maximum absolute atomic E-state index is 9.33. The van der Waals surface area contributed by atoms with Gasteiger partial charge in [0.15, 0.2) is 0 Å². The molecule has 2 rings (SSSR count). The van der Waals surface area contributed by atoms with Crippen molar-refractivity contribution in [3.05, 3.63) is 41.2 Å². The predicted octanol–water partition coefficient (Wildman–Crippen LogP) is 3.53. The highest BCUT2D eigenvalue weighted by molar-refractivity contribution is 6.03. The second-order valence-corrected chi connectivity index (χ2v) is 6.24. The van der Waals surface area contributed by atoms with Crippen molar-refractivity contribution in [3.8, 4) is 0 Å². The van der Waals surface area contributed by atoms with Crippen LogP contribution in [0.1, 0.15) is 57.0 Å². The minimum atomic E-state index is -0.00623. The van der Waals surface area contributed by atoms with Crippen molar-refractivity contribution in [2.24, 2.45) is 4.99 Å². The van der Waals surface area contributed by atoms with E-state index >= 15 is 0 Å². The van der Waals surface area contributed by atoms with E-state index in [2.05, 4.69) is 47.9 Å². The fraction of sp³-hybridized carbons (Fsp3) is 0.579. The Kier molecular flexibility index (Phi) is 6.48. The van der Waals surface area contributed by atoms with Crippen LogP contribution < -0.4 is 0 Å². The van der Waals surface area contributed by atoms with Crippen molar-refractivity contribution in [1.82, 2.24) is 9.88 Å². The van der Waals surface area contributed by atoms with Crippen LogP contribution in [0, 0.1) is 0 Å². The molecule has 2 atom stereocenters. The molecule has 0 bridgehead atoms. The van der Waals surface area contributed by atoms with Crippen molar-refractivity contribution < 1.29 is 5.11 Å². The standard InChI is InChI=1S/C19H29N3O/c1-5-8-14(2)19(20-3)18-12-7-11-17(22(18)4)16-10-6-9-15(13-23)21-16/h6,8-10,17-18,23H,5,7,11-13H2,1-4H3/b14-8-,20-19?. The number of rotatable bonds is 5. The molecule has 1 aromatic heterocycles. The van der Waals surface area contributed by atoms with Crippen LogP contribution in [-0.4, -0.2) is 40.8 Å². The summed E-state index contributed by atoms with van der Waals surface area (Å²) < 4.78 is 0. The second kappa shape index (κ2) is 8.37. The Balaban J connectivity index is 2.26. The lowest BCUT2D eigenvalue weighted by atomic mass is 9.89. The molecule has 126 valence electrons. The summed E-state index contributed by atoms with van der Waals surface area (Å²) in [4.78, 5) is 11.6. The first-order chi connectivity index (χ1) is 11.1. The Morgan fingerprint density at radius 1 is 1.43 bits per heavy atom. The molecule has 0 radical (unpaired) electrons. The topological polar surface area (TPSA) is 48.7 Å². The van der Waals surface area contributed by atoms with E-state index in [-0.39, 0.29) is 12.6 Å². The third-order valence-electron chi connectivity index (χ3n) is 4.74. The number of likely N-dealkylation sites (tertiary alicyclic amines) is 1. The van der Waals surface area contributed by atoms with Gasteiger partial charge in [-0.05, 0) is 57.4 Å². The summed E-state index contributed by atoms with van der Waals surface area (Å²) in [5.74, 6) is 0. The third-order valence-corrected chi connectivity index (χ3v) is 4.74. The highest BCUT2D eigenvalue weighted by Crippen LogP contribution is 2.33. The molecule has 1 saturated heterocycles. The summed E-state index contributed by atoms with van der Waals surface area (Å²) in [6.45, 7) is 4.32. The van der Waals surface area contributed by atoms with Crippen LogP contribution in [0.5, 0.6) is 0 Å². The lowest BCUT2D eigenvalue weighted by Gasteiger charge is -2.40. The van der Waals surface area contributed by atoms with Crippen LogP contribution in [0.15, 0.2) is 34.8 Å². The van der Waals surface area contributed by atoms with Gasteiger partial charge in [-0.1, -0.05) is 19.1 Å². The predicted molar refractivity (Wildman–Crippen MR) is 95.7 cm³/mol. The van der Waals surface area contributed by atoms with Gasteiger partial charge in [0.1, 0.15) is 0 Å². The summed E-state index contributed by atoms with van der Waals surface area (Å²) in [6, 6.07) is 6.55. The molecule has 1 aliphatic rings. The zero-order valence-corrected chi connectivity index (χ0v) is 14.8. The van der Waals surface area contributed by atoms with Crippen molar-refractivity contribution in [2.75, 3.05) is 14.1 Å². The zero-order chi connectivity index (χ0) is 16.8. The molecule has 0 aromatic carbocycles. The van der Waals surface area contributed by atoms with Gasteiger partial charge in [0.25, 0.3) is 0 Å². The lowest BCUT2D eigenvalue weighted by Crippen LogP contribution is -2.44. The average molecular weight is 315 g/mol. The van der Waals surface area contributed by atoms with E-state index in [9.17, 15) is 5.11 Å². The molecule has 1 aromatic rings. The highest BCUT2D eigenvalue weighted by Gasteiger charge is 2.32. The fourth-order valence-corrected chi connectivity index (χ4v) is 3.59. The van der Waals surface area contributed by atoms with Gasteiger partial charge in [-0.15, -0.1) is 0 Å². The number of allylic oxidation sites excluding steroid dienone is 1. The average Bonchev–Trinajstić information content (AvgIpc) is 2.57. The second-order valence-electron chi connectivity index (χ2n) is 6.24. The molecule has 23 heavy (non-hydrogen) atoms. The molecule has 2 unspecified atom stereocenters. The van der Waals surface area contributed by atoms with Crippen LogP contribution in [0.4, 0.5) is 0 Å². The maximum Gasteiger partial charge on any atom is 0.0853 e. The molecule has 4 nitrogen and oxygen atoms in total. The Morgan fingerprint density at radius 2 is 2.22 bits per heavy atom. The molecule has 4 heteroatoms. The van der Waals surface area contributed by atoms with Crippen molar-refractivity contribution in [3.63, 3.8) is 0 Å². The quantitative estimate of drug-likeness (QED) is 0.846. The van der Waals surface area contributed by atoms with Crippen LogP contribution in [0.2, 0.25) is 0 Å². The smallest absolute Gasteiger partial charge is 0.0853 e. The molecule has 0 saturated carbocycles. The Morgan fingerprint density at radius 3 is 2.87 bits per heavy atom. The molecule has 1 fully saturated rings. The molecule has 0 aliphatic carbocycles. The summed E-state index contributed by atoms with van der Waals surface area (Å²) in [6.07, 6.45) is 6.69. The number of hydrogen-bond donors (Lipinski definition) is 1. The van der Waals surface area contributed by atoms with E-state index in [4.69, 9.17) is 0 Å². The number of piperidine rings is 1. The molecule has 0 spiro atoms. The molecular formula is C19H29N3O. The third kappa shape index (κ3) is 4.06. The van der Waals surface area contributed by atoms with Crippen molar-refractivity contribution >= 4 is 5.71 Å². The Labute approximate surface area is 140 Å². The molecule has 1 N–H and O–H groups in total. The van der Waals surface area contributed by atoms with Crippen LogP contribution in [-0.2, 0) is 6.61 Å². The number of nitrogens with zero attached hydrogens (tertiary/aromatic N) is 3. The first-order valence-corrected chi connectivity index (χ1v) is 8.54. The van der Waals surface area contributed by atoms with Gasteiger partial charge in [0, 0.05) is 7.05 Å². The van der Waals surface area contributed by atoms with Gasteiger partial charge in [0.2, 0.25) is 0 Å². The van der Waals surface area contributed by atoms with Gasteiger partial charge in [0.05, 0.1) is 35.8 Å². The van der Waals surface area contributed by atoms with E-state index in [1.165, 1.54) is 17.7 Å². The van der Waals surface area contributed by atoms with Gasteiger partial charge in [-0.25, -0.2) is 0 Å². The van der Waals surface area contributed by atoms with Gasteiger partial charge >= 0.3 is 0 Å². The zero-order valence-electron chi connectivity index (χ0n) is 14.8. The van der Waals surface area contributed by atoms with E-state index in [1.54, 1.807) is 0 Å². The first kappa shape index (κ1) is 17.8. The molecular weight excluding hydrogens is 286 g/mol. The molecule has 2 heterocycles. The van der Waals surface area contributed by atoms with Gasteiger partial charge < -0.3 is 5.11 Å². The largest absolute Gasteiger partial charge is 0.390 e. The van der Waals surface area contributed by atoms with Crippen LogP contribution >= 0.6 is 0 Å². The highest BCUT2D eigenvalue weighted by atomic mass is 16.3. The number of aliphatic hydroxyl groups is 1. The number of aliphatic imine (C=N–C) groups is 1. The number of pyridine rings is 1. The SMILES string of the molecule is CC/C=C(/C)C(=NC)C1CCCC(c2cccc(CO)n2)N1C. The minimum absolute atomic E-state index is 0.00623. The molecule has 0 amide bonds. The van der Waals surface area contributed by atoms with E-state index in [1.807, 2.05) is 19.2 Å². The van der Waals surface area contributed by atoms with Gasteiger partial charge in [-0.3, -0.25) is 14.9 Å². The van der Waals surface area contributed by atoms with E-state index < -0.39 is 0 Å². The summed E-state index contributed by atoms with van der Waals surface area (Å²) in [5.41, 5.74) is 4.27. The lowest BCUT2D eigenvalue weighted by molar-refractivity contribution is 0.150. The van der Waals surface area contributed by atoms with Gasteiger partial charge in [-0.2, -0.15) is 0 Å². The number of hydrogen-bond acceptors (Lipinski definition) is 4. The Bertz CT molecular complexity index is 580. The van der Waals surface area contributed by atoms with Crippen LogP contribution in [0.3, 0.4) is 0 Å². The first-order valence-electron chi connectivity index (χ1n) is 8.54. The number of aliphatic hydroxyl groups excluding tert-OH is 1. The molecule has 1 aliphatic heterocycles. The number of aromatic nitrogens is 1. The van der Waals surface area contributed by atoms with E-state index in [0.717, 1.165) is 30.7 Å².